The normalized spacial score (nSPS) is 11.3. The van der Waals surface area contributed by atoms with Crippen LogP contribution in [0, 0.1) is 0 Å². The highest BCUT2D eigenvalue weighted by Gasteiger charge is 2.34. The van der Waals surface area contributed by atoms with E-state index in [9.17, 15) is 18.0 Å². The fraction of sp³-hybridized carbons (Fsp3) is 0.200. The van der Waals surface area contributed by atoms with E-state index in [0.717, 1.165) is 0 Å². The van der Waals surface area contributed by atoms with E-state index in [0.29, 0.717) is 6.20 Å². The van der Waals surface area contributed by atoms with Crippen molar-refractivity contribution < 1.29 is 23.1 Å². The number of halogens is 3. The largest absolute Gasteiger partial charge is 0.475 e. The average molecular weight is 193 g/mol. The molecular formula is C5H2F3N3O2. The minimum absolute atomic E-state index is 0.354. The Morgan fingerprint density at radius 1 is 1.46 bits per heavy atom. The molecule has 0 bridgehead atoms. The number of aromatic carboxylic acids is 1. The van der Waals surface area contributed by atoms with Crippen LogP contribution in [-0.4, -0.2) is 26.3 Å². The van der Waals surface area contributed by atoms with Gasteiger partial charge < -0.3 is 5.11 Å². The molecule has 70 valence electrons. The van der Waals surface area contributed by atoms with Gasteiger partial charge in [0.15, 0.2) is 5.69 Å². The third kappa shape index (κ3) is 2.10. The molecule has 1 N–H and O–H groups in total. The summed E-state index contributed by atoms with van der Waals surface area (Å²) in [7, 11) is 0. The molecule has 1 rings (SSSR count). The van der Waals surface area contributed by atoms with Crippen molar-refractivity contribution in [2.24, 2.45) is 0 Å². The Kier molecular flexibility index (Phi) is 2.13. The van der Waals surface area contributed by atoms with E-state index in [1.165, 1.54) is 0 Å². The van der Waals surface area contributed by atoms with Crippen LogP contribution >= 0.6 is 0 Å². The smallest absolute Gasteiger partial charge is 0.435 e. The van der Waals surface area contributed by atoms with Crippen LogP contribution < -0.4 is 0 Å². The van der Waals surface area contributed by atoms with E-state index in [4.69, 9.17) is 5.11 Å². The minimum atomic E-state index is -4.71. The van der Waals surface area contributed by atoms with Gasteiger partial charge in [-0.05, 0) is 0 Å². The third-order valence-electron chi connectivity index (χ3n) is 1.04. The number of hydrogen-bond donors (Lipinski definition) is 1. The highest BCUT2D eigenvalue weighted by Crippen LogP contribution is 2.26. The summed E-state index contributed by atoms with van der Waals surface area (Å²) in [5.41, 5.74) is -1.38. The lowest BCUT2D eigenvalue weighted by atomic mass is 10.4. The van der Waals surface area contributed by atoms with Crippen LogP contribution in [0.3, 0.4) is 0 Å². The fourth-order valence-electron chi connectivity index (χ4n) is 0.531. The molecule has 0 aliphatic heterocycles. The van der Waals surface area contributed by atoms with E-state index in [1.807, 2.05) is 0 Å². The summed E-state index contributed by atoms with van der Waals surface area (Å²) in [4.78, 5) is 12.9. The summed E-state index contributed by atoms with van der Waals surface area (Å²) in [6.45, 7) is 0. The van der Waals surface area contributed by atoms with E-state index in [1.54, 1.807) is 0 Å². The number of carboxylic acid groups (broad SMARTS) is 1. The van der Waals surface area contributed by atoms with Crippen LogP contribution in [0.4, 0.5) is 13.2 Å². The summed E-state index contributed by atoms with van der Waals surface area (Å²) in [6.07, 6.45) is -4.35. The van der Waals surface area contributed by atoms with Gasteiger partial charge >= 0.3 is 12.1 Å². The maximum Gasteiger partial charge on any atom is 0.435 e. The molecule has 0 saturated heterocycles. The first-order valence-corrected chi connectivity index (χ1v) is 2.91. The highest BCUT2D eigenvalue weighted by molar-refractivity contribution is 5.82. The predicted octanol–water partition coefficient (Wildman–Crippen LogP) is 0.589. The number of nitrogens with zero attached hydrogens (tertiary/aromatic N) is 3. The van der Waals surface area contributed by atoms with Gasteiger partial charge in [-0.15, -0.1) is 5.10 Å². The Bertz CT molecular complexity index is 338. The number of carboxylic acids is 1. The molecule has 0 spiro atoms. The van der Waals surface area contributed by atoms with Gasteiger partial charge in [0.05, 0.1) is 6.20 Å². The number of carbonyl (C=O) groups is 1. The lowest BCUT2D eigenvalue weighted by molar-refractivity contribution is -0.141. The van der Waals surface area contributed by atoms with Gasteiger partial charge in [0.2, 0.25) is 0 Å². The van der Waals surface area contributed by atoms with Crippen molar-refractivity contribution >= 4 is 5.97 Å². The van der Waals surface area contributed by atoms with Crippen LogP contribution in [0.25, 0.3) is 0 Å². The Labute approximate surface area is 69.2 Å². The molecule has 0 unspecified atom stereocenters. The third-order valence-corrected chi connectivity index (χ3v) is 1.04. The zero-order chi connectivity index (χ0) is 10.1. The first kappa shape index (κ1) is 9.36. The molecule has 8 heteroatoms. The van der Waals surface area contributed by atoms with Crippen molar-refractivity contribution in [1.29, 1.82) is 0 Å². The monoisotopic (exact) mass is 193 g/mol. The molecule has 13 heavy (non-hydrogen) atoms. The number of hydrogen-bond acceptors (Lipinski definition) is 4. The summed E-state index contributed by atoms with van der Waals surface area (Å²) in [5, 5.41) is 14.0. The molecule has 0 fully saturated rings. The number of alkyl halides is 3. The molecule has 0 saturated carbocycles. The standard InChI is InChI=1S/C5H2F3N3O2/c6-5(7,8)2-1-9-11-3(10-2)4(12)13/h1H,(H,12,13). The Hall–Kier alpha value is -1.73. The van der Waals surface area contributed by atoms with Crippen molar-refractivity contribution in [3.8, 4) is 0 Å². The molecule has 0 aliphatic carbocycles. The van der Waals surface area contributed by atoms with E-state index < -0.39 is 23.7 Å². The lowest BCUT2D eigenvalue weighted by Gasteiger charge is -2.03. The maximum atomic E-state index is 11.9. The van der Waals surface area contributed by atoms with Gasteiger partial charge in [0, 0.05) is 0 Å². The van der Waals surface area contributed by atoms with Gasteiger partial charge in [0.25, 0.3) is 5.82 Å². The Morgan fingerprint density at radius 2 is 2.08 bits per heavy atom. The number of rotatable bonds is 1. The fourth-order valence-corrected chi connectivity index (χ4v) is 0.531. The van der Waals surface area contributed by atoms with Crippen molar-refractivity contribution in [2.75, 3.05) is 0 Å². The summed E-state index contributed by atoms with van der Waals surface area (Å²) < 4.78 is 35.7. The van der Waals surface area contributed by atoms with E-state index in [2.05, 4.69) is 15.2 Å². The number of aromatic nitrogens is 3. The van der Waals surface area contributed by atoms with Crippen molar-refractivity contribution in [1.82, 2.24) is 15.2 Å². The molecule has 1 aromatic heterocycles. The second-order valence-corrected chi connectivity index (χ2v) is 1.97. The van der Waals surface area contributed by atoms with Gasteiger partial charge in [-0.25, -0.2) is 9.78 Å². The molecule has 0 aromatic carbocycles. The molecule has 0 amide bonds. The molecule has 5 nitrogen and oxygen atoms in total. The highest BCUT2D eigenvalue weighted by atomic mass is 19.4. The zero-order valence-electron chi connectivity index (χ0n) is 5.91. The van der Waals surface area contributed by atoms with Crippen LogP contribution in [-0.2, 0) is 6.18 Å². The topological polar surface area (TPSA) is 76.0 Å². The second kappa shape index (κ2) is 2.96. The Balaban J connectivity index is 3.13. The molecule has 0 atom stereocenters. The lowest BCUT2D eigenvalue weighted by Crippen LogP contribution is -2.14. The van der Waals surface area contributed by atoms with Crippen molar-refractivity contribution in [3.05, 3.63) is 17.7 Å². The SMILES string of the molecule is O=C(O)c1nncc(C(F)(F)F)n1. The predicted molar refractivity (Wildman–Crippen MR) is 31.8 cm³/mol. The summed E-state index contributed by atoms with van der Waals surface area (Å²) >= 11 is 0. The van der Waals surface area contributed by atoms with Gasteiger partial charge in [-0.1, -0.05) is 0 Å². The average Bonchev–Trinajstić information content (AvgIpc) is 2.03. The maximum absolute atomic E-state index is 11.9. The first-order valence-electron chi connectivity index (χ1n) is 2.91. The Morgan fingerprint density at radius 3 is 2.54 bits per heavy atom. The zero-order valence-corrected chi connectivity index (χ0v) is 5.91. The molecular weight excluding hydrogens is 191 g/mol. The van der Waals surface area contributed by atoms with Crippen LogP contribution in [0.1, 0.15) is 16.3 Å². The van der Waals surface area contributed by atoms with Crippen molar-refractivity contribution in [2.45, 2.75) is 6.18 Å². The second-order valence-electron chi connectivity index (χ2n) is 1.97. The van der Waals surface area contributed by atoms with E-state index in [-0.39, 0.29) is 0 Å². The molecule has 1 aromatic rings. The van der Waals surface area contributed by atoms with Crippen LogP contribution in [0.5, 0.6) is 0 Å². The van der Waals surface area contributed by atoms with Gasteiger partial charge in [0.1, 0.15) is 0 Å². The van der Waals surface area contributed by atoms with Gasteiger partial charge in [-0.2, -0.15) is 18.3 Å². The quantitative estimate of drug-likeness (QED) is 0.706. The van der Waals surface area contributed by atoms with E-state index >= 15 is 0 Å². The van der Waals surface area contributed by atoms with Crippen molar-refractivity contribution in [3.63, 3.8) is 0 Å². The van der Waals surface area contributed by atoms with Crippen LogP contribution in [0.15, 0.2) is 6.20 Å². The minimum Gasteiger partial charge on any atom is -0.475 e. The molecule has 0 radical (unpaired) electrons. The van der Waals surface area contributed by atoms with Crippen LogP contribution in [0.2, 0.25) is 0 Å². The summed E-state index contributed by atoms with van der Waals surface area (Å²) in [5.74, 6) is -2.63. The molecule has 0 aliphatic rings. The molecule has 1 heterocycles. The summed E-state index contributed by atoms with van der Waals surface area (Å²) in [6, 6.07) is 0. The first-order chi connectivity index (χ1) is 5.91. The van der Waals surface area contributed by atoms with Gasteiger partial charge in [-0.3, -0.25) is 0 Å².